The molecule has 0 saturated carbocycles. The van der Waals surface area contributed by atoms with Gasteiger partial charge in [0.2, 0.25) is 0 Å². The third-order valence-corrected chi connectivity index (χ3v) is 3.74. The lowest BCUT2D eigenvalue weighted by Gasteiger charge is -2.21. The number of hydrogen-bond acceptors (Lipinski definition) is 3. The van der Waals surface area contributed by atoms with E-state index in [1.807, 2.05) is 11.7 Å². The number of halogens is 1. The van der Waals surface area contributed by atoms with E-state index in [1.54, 1.807) is 0 Å². The van der Waals surface area contributed by atoms with Crippen molar-refractivity contribution in [2.45, 2.75) is 46.7 Å². The topological polar surface area (TPSA) is 33.1 Å². The van der Waals surface area contributed by atoms with Crippen LogP contribution < -0.4 is 5.32 Å². The van der Waals surface area contributed by atoms with Gasteiger partial charge in [-0.25, -0.2) is 0 Å². The molecule has 4 nitrogen and oxygen atoms in total. The van der Waals surface area contributed by atoms with Gasteiger partial charge < -0.3 is 5.32 Å². The lowest BCUT2D eigenvalue weighted by atomic mass is 10.3. The number of hydrogen-bond donors (Lipinski definition) is 1. The smallest absolute Gasteiger partial charge is 0.0863 e. The van der Waals surface area contributed by atoms with Gasteiger partial charge in [-0.15, -0.1) is 0 Å². The average molecular weight is 287 g/mol. The van der Waals surface area contributed by atoms with Crippen molar-refractivity contribution in [2.24, 2.45) is 7.05 Å². The molecule has 1 aromatic heterocycles. The van der Waals surface area contributed by atoms with E-state index in [9.17, 15) is 0 Å². The Bertz CT molecular complexity index is 387. The Kier molecular flexibility index (Phi) is 6.83. The molecule has 0 amide bonds. The van der Waals surface area contributed by atoms with E-state index >= 15 is 0 Å². The van der Waals surface area contributed by atoms with Crippen molar-refractivity contribution in [1.82, 2.24) is 20.0 Å². The SMILES string of the molecule is CCc1nn(C)c(CN(CC)CCNC(C)C)c1Cl. The van der Waals surface area contributed by atoms with Gasteiger partial charge in [-0.05, 0) is 13.0 Å². The van der Waals surface area contributed by atoms with Crippen molar-refractivity contribution in [2.75, 3.05) is 19.6 Å². The van der Waals surface area contributed by atoms with Crippen molar-refractivity contribution in [1.29, 1.82) is 0 Å². The average Bonchev–Trinajstić information content (AvgIpc) is 2.64. The fourth-order valence-electron chi connectivity index (χ4n) is 2.06. The Balaban J connectivity index is 2.62. The second-order valence-electron chi connectivity index (χ2n) is 5.16. The van der Waals surface area contributed by atoms with Crippen LogP contribution in [0, 0.1) is 0 Å². The molecule has 0 radical (unpaired) electrons. The second-order valence-corrected chi connectivity index (χ2v) is 5.54. The fraction of sp³-hybridized carbons (Fsp3) is 0.786. The highest BCUT2D eigenvalue weighted by molar-refractivity contribution is 6.31. The Labute approximate surface area is 122 Å². The monoisotopic (exact) mass is 286 g/mol. The molecule has 0 aliphatic heterocycles. The van der Waals surface area contributed by atoms with Gasteiger partial charge in [-0.1, -0.05) is 39.3 Å². The molecule has 1 heterocycles. The highest BCUT2D eigenvalue weighted by atomic mass is 35.5. The maximum Gasteiger partial charge on any atom is 0.0863 e. The lowest BCUT2D eigenvalue weighted by Crippen LogP contribution is -2.35. The number of nitrogens with one attached hydrogen (secondary N) is 1. The highest BCUT2D eigenvalue weighted by Gasteiger charge is 2.15. The Morgan fingerprint density at radius 2 is 2.05 bits per heavy atom. The molecule has 0 atom stereocenters. The van der Waals surface area contributed by atoms with Crippen molar-refractivity contribution in [3.05, 3.63) is 16.4 Å². The molecule has 1 aromatic rings. The summed E-state index contributed by atoms with van der Waals surface area (Å²) in [5.74, 6) is 0. The standard InChI is InChI=1S/C14H27ClN4/c1-6-12-14(15)13(18(5)17-12)10-19(7-2)9-8-16-11(3)4/h11,16H,6-10H2,1-5H3. The summed E-state index contributed by atoms with van der Waals surface area (Å²) in [5, 5.41) is 8.75. The third-order valence-electron chi connectivity index (χ3n) is 3.30. The van der Waals surface area contributed by atoms with Crippen LogP contribution in [0.4, 0.5) is 0 Å². The fourth-order valence-corrected chi connectivity index (χ4v) is 2.42. The Morgan fingerprint density at radius 3 is 2.53 bits per heavy atom. The van der Waals surface area contributed by atoms with Crippen LogP contribution in [0.15, 0.2) is 0 Å². The van der Waals surface area contributed by atoms with Crippen LogP contribution in [-0.2, 0) is 20.0 Å². The number of aryl methyl sites for hydroxylation is 2. The number of aromatic nitrogens is 2. The lowest BCUT2D eigenvalue weighted by molar-refractivity contribution is 0.269. The molecular formula is C14H27ClN4. The molecule has 0 saturated heterocycles. The van der Waals surface area contributed by atoms with E-state index in [0.717, 1.165) is 49.0 Å². The van der Waals surface area contributed by atoms with Crippen molar-refractivity contribution >= 4 is 11.6 Å². The zero-order valence-electron chi connectivity index (χ0n) is 12.8. The first-order valence-electron chi connectivity index (χ1n) is 7.15. The summed E-state index contributed by atoms with van der Waals surface area (Å²) in [4.78, 5) is 2.39. The second kappa shape index (κ2) is 7.88. The van der Waals surface area contributed by atoms with Crippen LogP contribution in [0.3, 0.4) is 0 Å². The van der Waals surface area contributed by atoms with E-state index in [1.165, 1.54) is 0 Å². The van der Waals surface area contributed by atoms with Gasteiger partial charge in [0.15, 0.2) is 0 Å². The highest BCUT2D eigenvalue weighted by Crippen LogP contribution is 2.22. The normalized spacial score (nSPS) is 11.8. The Hall–Kier alpha value is -0.580. The van der Waals surface area contributed by atoms with Gasteiger partial charge in [-0.2, -0.15) is 5.10 Å². The molecule has 0 bridgehead atoms. The predicted octanol–water partition coefficient (Wildman–Crippen LogP) is 2.46. The van der Waals surface area contributed by atoms with E-state index < -0.39 is 0 Å². The molecule has 1 rings (SSSR count). The molecule has 1 N–H and O–H groups in total. The number of rotatable bonds is 8. The maximum absolute atomic E-state index is 6.39. The van der Waals surface area contributed by atoms with Crippen LogP contribution in [0.25, 0.3) is 0 Å². The van der Waals surface area contributed by atoms with Gasteiger partial charge in [0, 0.05) is 32.7 Å². The van der Waals surface area contributed by atoms with E-state index in [4.69, 9.17) is 11.6 Å². The first kappa shape index (κ1) is 16.5. The van der Waals surface area contributed by atoms with Gasteiger partial charge in [0.25, 0.3) is 0 Å². The van der Waals surface area contributed by atoms with Gasteiger partial charge in [0.1, 0.15) is 0 Å². The van der Waals surface area contributed by atoms with Crippen LogP contribution in [0.2, 0.25) is 5.02 Å². The van der Waals surface area contributed by atoms with E-state index in [2.05, 4.69) is 43.0 Å². The van der Waals surface area contributed by atoms with Crippen LogP contribution in [0.5, 0.6) is 0 Å². The summed E-state index contributed by atoms with van der Waals surface area (Å²) < 4.78 is 1.92. The number of nitrogens with zero attached hydrogens (tertiary/aromatic N) is 3. The third kappa shape index (κ3) is 4.79. The van der Waals surface area contributed by atoms with Gasteiger partial charge in [0.05, 0.1) is 16.4 Å². The summed E-state index contributed by atoms with van der Waals surface area (Å²) in [6.07, 6.45) is 0.883. The molecule has 110 valence electrons. The van der Waals surface area contributed by atoms with Crippen molar-refractivity contribution in [3.8, 4) is 0 Å². The summed E-state index contributed by atoms with van der Waals surface area (Å²) in [7, 11) is 1.97. The molecule has 0 aliphatic carbocycles. The van der Waals surface area contributed by atoms with Crippen molar-refractivity contribution in [3.63, 3.8) is 0 Å². The molecule has 0 unspecified atom stereocenters. The minimum Gasteiger partial charge on any atom is -0.313 e. The zero-order chi connectivity index (χ0) is 14.4. The van der Waals surface area contributed by atoms with Crippen LogP contribution >= 0.6 is 11.6 Å². The first-order valence-corrected chi connectivity index (χ1v) is 7.53. The zero-order valence-corrected chi connectivity index (χ0v) is 13.6. The van der Waals surface area contributed by atoms with Crippen molar-refractivity contribution < 1.29 is 0 Å². The summed E-state index contributed by atoms with van der Waals surface area (Å²) in [6, 6.07) is 0.533. The minimum absolute atomic E-state index is 0.533. The molecule has 0 spiro atoms. The maximum atomic E-state index is 6.39. The Morgan fingerprint density at radius 1 is 1.37 bits per heavy atom. The van der Waals surface area contributed by atoms with Gasteiger partial charge in [-0.3, -0.25) is 9.58 Å². The minimum atomic E-state index is 0.533. The molecule has 0 aromatic carbocycles. The largest absolute Gasteiger partial charge is 0.313 e. The predicted molar refractivity (Wildman–Crippen MR) is 81.7 cm³/mol. The van der Waals surface area contributed by atoms with Gasteiger partial charge >= 0.3 is 0 Å². The summed E-state index contributed by atoms with van der Waals surface area (Å²) >= 11 is 6.39. The quantitative estimate of drug-likeness (QED) is 0.797. The first-order chi connectivity index (χ1) is 8.99. The summed E-state index contributed by atoms with van der Waals surface area (Å²) in [5.41, 5.74) is 2.11. The molecule has 0 fully saturated rings. The number of likely N-dealkylation sites (N-methyl/N-ethyl adjacent to an activating group) is 1. The van der Waals surface area contributed by atoms with Crippen LogP contribution in [-0.4, -0.2) is 40.4 Å². The molecule has 5 heteroatoms. The van der Waals surface area contributed by atoms with Crippen LogP contribution in [0.1, 0.15) is 39.1 Å². The molecular weight excluding hydrogens is 260 g/mol. The van der Waals surface area contributed by atoms with E-state index in [0.29, 0.717) is 6.04 Å². The molecule has 0 aliphatic rings. The molecule has 19 heavy (non-hydrogen) atoms. The van der Waals surface area contributed by atoms with E-state index in [-0.39, 0.29) is 0 Å². The summed E-state index contributed by atoms with van der Waals surface area (Å²) in [6.45, 7) is 12.5.